The number of hydrogen-bond donors (Lipinski definition) is 1. The Bertz CT molecular complexity index is 281. The molecule has 0 aromatic carbocycles. The lowest BCUT2D eigenvalue weighted by Crippen LogP contribution is -2.60. The largest absolute Gasteiger partial charge is 0.377 e. The summed E-state index contributed by atoms with van der Waals surface area (Å²) in [6.45, 7) is 13.6. The van der Waals surface area contributed by atoms with E-state index in [4.69, 9.17) is 4.74 Å². The van der Waals surface area contributed by atoms with Crippen LogP contribution in [0.25, 0.3) is 0 Å². The summed E-state index contributed by atoms with van der Waals surface area (Å²) in [7, 11) is 0. The van der Waals surface area contributed by atoms with Crippen molar-refractivity contribution in [3.63, 3.8) is 0 Å². The van der Waals surface area contributed by atoms with Crippen molar-refractivity contribution in [2.75, 3.05) is 26.2 Å². The van der Waals surface area contributed by atoms with Gasteiger partial charge in [-0.25, -0.2) is 0 Å². The van der Waals surface area contributed by atoms with E-state index >= 15 is 0 Å². The summed E-state index contributed by atoms with van der Waals surface area (Å²) in [6, 6.07) is 1.28. The van der Waals surface area contributed by atoms with Gasteiger partial charge in [0.25, 0.3) is 0 Å². The molecule has 2 atom stereocenters. The highest BCUT2D eigenvalue weighted by Gasteiger charge is 2.33. The number of ether oxygens (including phenoxy) is 1. The second-order valence-electron chi connectivity index (χ2n) is 7.66. The maximum absolute atomic E-state index is 6.06. The lowest BCUT2D eigenvalue weighted by molar-refractivity contribution is 0.0147. The van der Waals surface area contributed by atoms with Gasteiger partial charge in [0.2, 0.25) is 0 Å². The van der Waals surface area contributed by atoms with E-state index in [1.165, 1.54) is 32.1 Å². The quantitative estimate of drug-likeness (QED) is 0.839. The molecule has 0 aromatic rings. The first-order chi connectivity index (χ1) is 9.50. The number of hydrogen-bond acceptors (Lipinski definition) is 3. The van der Waals surface area contributed by atoms with Crippen LogP contribution in [0.15, 0.2) is 0 Å². The maximum Gasteiger partial charge on any atom is 0.0597 e. The van der Waals surface area contributed by atoms with Crippen molar-refractivity contribution in [3.8, 4) is 0 Å². The summed E-state index contributed by atoms with van der Waals surface area (Å²) in [5, 5.41) is 3.74. The third kappa shape index (κ3) is 4.44. The minimum absolute atomic E-state index is 0.337. The molecule has 0 aromatic heterocycles. The van der Waals surface area contributed by atoms with Gasteiger partial charge in [0, 0.05) is 31.7 Å². The molecular formula is C17H34N2O. The number of piperazine rings is 1. The summed E-state index contributed by atoms with van der Waals surface area (Å²) in [5.41, 5.74) is 0.337. The molecule has 3 nitrogen and oxygen atoms in total. The molecule has 20 heavy (non-hydrogen) atoms. The Balaban J connectivity index is 1.79. The Morgan fingerprint density at radius 1 is 1.20 bits per heavy atom. The van der Waals surface area contributed by atoms with E-state index in [0.29, 0.717) is 23.6 Å². The van der Waals surface area contributed by atoms with E-state index < -0.39 is 0 Å². The Morgan fingerprint density at radius 3 is 2.50 bits per heavy atom. The molecule has 0 spiro atoms. The van der Waals surface area contributed by atoms with Gasteiger partial charge < -0.3 is 10.1 Å². The van der Waals surface area contributed by atoms with Crippen molar-refractivity contribution in [2.24, 2.45) is 5.41 Å². The molecule has 1 aliphatic heterocycles. The van der Waals surface area contributed by atoms with Crippen molar-refractivity contribution < 1.29 is 4.74 Å². The first kappa shape index (κ1) is 16.3. The third-order valence-electron chi connectivity index (χ3n) is 5.08. The Kier molecular flexibility index (Phi) is 5.88. The predicted molar refractivity (Wildman–Crippen MR) is 85.1 cm³/mol. The molecule has 1 aliphatic carbocycles. The van der Waals surface area contributed by atoms with Crippen LogP contribution in [0.5, 0.6) is 0 Å². The lowest BCUT2D eigenvalue weighted by atomic mass is 9.84. The molecule has 1 saturated heterocycles. The summed E-state index contributed by atoms with van der Waals surface area (Å²) >= 11 is 0. The lowest BCUT2D eigenvalue weighted by Gasteiger charge is -2.45. The predicted octanol–water partition coefficient (Wildman–Crippen LogP) is 3.04. The van der Waals surface area contributed by atoms with Crippen molar-refractivity contribution in [2.45, 2.75) is 78.0 Å². The van der Waals surface area contributed by atoms with Crippen molar-refractivity contribution in [1.82, 2.24) is 10.2 Å². The smallest absolute Gasteiger partial charge is 0.0597 e. The van der Waals surface area contributed by atoms with Gasteiger partial charge in [-0.2, -0.15) is 0 Å². The van der Waals surface area contributed by atoms with Crippen LogP contribution in [-0.2, 0) is 4.74 Å². The fourth-order valence-corrected chi connectivity index (χ4v) is 3.50. The van der Waals surface area contributed by atoms with E-state index in [9.17, 15) is 0 Å². The van der Waals surface area contributed by atoms with Gasteiger partial charge in [-0.3, -0.25) is 4.90 Å². The molecule has 1 saturated carbocycles. The van der Waals surface area contributed by atoms with Gasteiger partial charge >= 0.3 is 0 Å². The van der Waals surface area contributed by atoms with Crippen LogP contribution >= 0.6 is 0 Å². The highest BCUT2D eigenvalue weighted by Crippen LogP contribution is 2.25. The first-order valence-corrected chi connectivity index (χ1v) is 8.59. The fraction of sp³-hybridized carbons (Fsp3) is 1.00. The van der Waals surface area contributed by atoms with E-state index in [1.54, 1.807) is 0 Å². The van der Waals surface area contributed by atoms with Gasteiger partial charge in [0.1, 0.15) is 0 Å². The molecule has 0 amide bonds. The van der Waals surface area contributed by atoms with E-state index in [0.717, 1.165) is 26.2 Å². The molecule has 2 unspecified atom stereocenters. The normalized spacial score (nSPS) is 30.0. The molecule has 0 bridgehead atoms. The molecule has 2 aliphatic rings. The summed E-state index contributed by atoms with van der Waals surface area (Å²) in [6.07, 6.45) is 7.07. The maximum atomic E-state index is 6.06. The molecule has 2 fully saturated rings. The van der Waals surface area contributed by atoms with Gasteiger partial charge in [0.15, 0.2) is 0 Å². The van der Waals surface area contributed by atoms with Crippen molar-refractivity contribution in [1.29, 1.82) is 0 Å². The van der Waals surface area contributed by atoms with Crippen molar-refractivity contribution >= 4 is 0 Å². The molecular weight excluding hydrogens is 248 g/mol. The average Bonchev–Trinajstić information content (AvgIpc) is 2.90. The Labute approximate surface area is 125 Å². The second-order valence-corrected chi connectivity index (χ2v) is 7.66. The zero-order valence-electron chi connectivity index (χ0n) is 14.0. The van der Waals surface area contributed by atoms with E-state index in [2.05, 4.69) is 37.9 Å². The van der Waals surface area contributed by atoms with Gasteiger partial charge in [-0.15, -0.1) is 0 Å². The standard InChI is InChI=1S/C17H34N2O/c1-5-14-12-18-16(17(2,3)4)13-19(14)10-11-20-15-8-6-7-9-15/h14-16,18H,5-13H2,1-4H3. The van der Waals surface area contributed by atoms with Gasteiger partial charge in [0.05, 0.1) is 12.7 Å². The van der Waals surface area contributed by atoms with Crippen molar-refractivity contribution in [3.05, 3.63) is 0 Å². The first-order valence-electron chi connectivity index (χ1n) is 8.59. The molecule has 1 N–H and O–H groups in total. The van der Waals surface area contributed by atoms with Crippen LogP contribution < -0.4 is 5.32 Å². The summed E-state index contributed by atoms with van der Waals surface area (Å²) < 4.78 is 6.06. The van der Waals surface area contributed by atoms with Gasteiger partial charge in [-0.1, -0.05) is 40.5 Å². The molecule has 3 heteroatoms. The monoisotopic (exact) mass is 282 g/mol. The van der Waals surface area contributed by atoms with E-state index in [1.807, 2.05) is 0 Å². The third-order valence-corrected chi connectivity index (χ3v) is 5.08. The summed E-state index contributed by atoms with van der Waals surface area (Å²) in [5.74, 6) is 0. The SMILES string of the molecule is CCC1CNC(C(C)(C)C)CN1CCOC1CCCC1. The van der Waals surface area contributed by atoms with Gasteiger partial charge in [-0.05, 0) is 24.7 Å². The van der Waals surface area contributed by atoms with Crippen LogP contribution in [0, 0.1) is 5.41 Å². The minimum Gasteiger partial charge on any atom is -0.377 e. The van der Waals surface area contributed by atoms with Crippen LogP contribution in [-0.4, -0.2) is 49.3 Å². The number of rotatable bonds is 5. The summed E-state index contributed by atoms with van der Waals surface area (Å²) in [4.78, 5) is 2.65. The molecule has 2 rings (SSSR count). The van der Waals surface area contributed by atoms with Crippen LogP contribution in [0.4, 0.5) is 0 Å². The Morgan fingerprint density at radius 2 is 1.90 bits per heavy atom. The number of nitrogens with zero attached hydrogens (tertiary/aromatic N) is 1. The van der Waals surface area contributed by atoms with Crippen LogP contribution in [0.1, 0.15) is 59.8 Å². The zero-order valence-corrected chi connectivity index (χ0v) is 14.0. The zero-order chi connectivity index (χ0) is 14.6. The molecule has 0 radical (unpaired) electrons. The fourth-order valence-electron chi connectivity index (χ4n) is 3.50. The average molecular weight is 282 g/mol. The highest BCUT2D eigenvalue weighted by molar-refractivity contribution is 4.91. The number of nitrogens with one attached hydrogen (secondary N) is 1. The molecule has 1 heterocycles. The minimum atomic E-state index is 0.337. The second kappa shape index (κ2) is 7.24. The Hall–Kier alpha value is -0.120. The van der Waals surface area contributed by atoms with Crippen LogP contribution in [0.2, 0.25) is 0 Å². The molecule has 118 valence electrons. The van der Waals surface area contributed by atoms with Crippen LogP contribution in [0.3, 0.4) is 0 Å². The van der Waals surface area contributed by atoms with E-state index in [-0.39, 0.29) is 0 Å². The topological polar surface area (TPSA) is 24.5 Å². The highest BCUT2D eigenvalue weighted by atomic mass is 16.5.